The Morgan fingerprint density at radius 3 is 1.27 bits per heavy atom. The second-order valence-electron chi connectivity index (χ2n) is 12.3. The Morgan fingerprint density at radius 1 is 0.458 bits per heavy atom. The number of carbonyl (C=O) groups is 2. The van der Waals surface area contributed by atoms with Gasteiger partial charge in [-0.2, -0.15) is 0 Å². The number of rotatable bonds is 33. The molecule has 0 aromatic heterocycles. The minimum Gasteiger partial charge on any atom is -0.463 e. The number of aliphatic hydroxyl groups excluding tert-OH is 1. The fraction of sp³-hybridized carbons (Fsp3) is 0.628. The van der Waals surface area contributed by atoms with Gasteiger partial charge in [-0.25, -0.2) is 0 Å². The van der Waals surface area contributed by atoms with Crippen molar-refractivity contribution in [2.45, 2.75) is 161 Å². The van der Waals surface area contributed by atoms with Gasteiger partial charge in [0.1, 0.15) is 19.3 Å². The molecule has 272 valence electrons. The van der Waals surface area contributed by atoms with E-state index in [1.54, 1.807) is 0 Å². The van der Waals surface area contributed by atoms with Crippen LogP contribution in [-0.2, 0) is 19.1 Å². The van der Waals surface area contributed by atoms with E-state index in [1.165, 1.54) is 44.9 Å². The molecule has 5 nitrogen and oxygen atoms in total. The molecule has 0 aliphatic heterocycles. The van der Waals surface area contributed by atoms with Crippen molar-refractivity contribution >= 4 is 11.9 Å². The maximum absolute atomic E-state index is 12.0. The Bertz CT molecular complexity index is 937. The van der Waals surface area contributed by atoms with Crippen molar-refractivity contribution in [3.63, 3.8) is 0 Å². The fourth-order valence-electron chi connectivity index (χ4n) is 4.74. The van der Waals surface area contributed by atoms with Crippen LogP contribution in [0.15, 0.2) is 85.1 Å². The molecule has 0 aromatic rings. The van der Waals surface area contributed by atoms with Gasteiger partial charge in [0.05, 0.1) is 0 Å². The first kappa shape index (κ1) is 45.1. The zero-order valence-corrected chi connectivity index (χ0v) is 30.7. The van der Waals surface area contributed by atoms with E-state index in [-0.39, 0.29) is 25.2 Å². The highest BCUT2D eigenvalue weighted by Crippen LogP contribution is 2.09. The van der Waals surface area contributed by atoms with Crippen LogP contribution in [0.5, 0.6) is 0 Å². The lowest BCUT2D eigenvalue weighted by atomic mass is 10.1. The van der Waals surface area contributed by atoms with Gasteiger partial charge in [0.25, 0.3) is 0 Å². The van der Waals surface area contributed by atoms with Crippen molar-refractivity contribution in [1.29, 1.82) is 0 Å². The highest BCUT2D eigenvalue weighted by molar-refractivity contribution is 5.69. The number of carbonyl (C=O) groups excluding carboxylic acids is 2. The molecule has 48 heavy (non-hydrogen) atoms. The maximum Gasteiger partial charge on any atom is 0.305 e. The standard InChI is InChI=1S/C43H70O5/c1-3-5-7-9-11-13-15-17-19-21-23-25-27-29-31-33-35-37-42(45)47-39-41(44)40-48-43(46)38-36-34-32-30-28-26-24-22-20-18-16-14-12-10-8-6-4-2/h5,7,11,13,17-20,23-26,30,32,41,44H,3-4,6,8-10,12,14-16,21-22,27-29,31,33-40H2,1-2H3/b7-5-,13-11-,19-17-,20-18-,25-23-,26-24-,32-30-/t41-/m0/s1. The Kier molecular flexibility index (Phi) is 36.2. The lowest BCUT2D eigenvalue weighted by Crippen LogP contribution is -2.25. The van der Waals surface area contributed by atoms with Gasteiger partial charge in [0, 0.05) is 12.8 Å². The van der Waals surface area contributed by atoms with Gasteiger partial charge < -0.3 is 14.6 Å². The zero-order valence-electron chi connectivity index (χ0n) is 30.7. The topological polar surface area (TPSA) is 72.8 Å². The summed E-state index contributed by atoms with van der Waals surface area (Å²) >= 11 is 0. The van der Waals surface area contributed by atoms with E-state index in [9.17, 15) is 14.7 Å². The van der Waals surface area contributed by atoms with Gasteiger partial charge in [0.2, 0.25) is 0 Å². The van der Waals surface area contributed by atoms with E-state index in [1.807, 2.05) is 0 Å². The smallest absolute Gasteiger partial charge is 0.305 e. The normalized spacial score (nSPS) is 13.1. The van der Waals surface area contributed by atoms with Crippen LogP contribution in [0.3, 0.4) is 0 Å². The lowest BCUT2D eigenvalue weighted by molar-refractivity contribution is -0.152. The molecule has 0 heterocycles. The summed E-state index contributed by atoms with van der Waals surface area (Å²) in [5, 5.41) is 10.00. The average Bonchev–Trinajstić information content (AvgIpc) is 3.09. The monoisotopic (exact) mass is 667 g/mol. The second kappa shape index (κ2) is 38.5. The largest absolute Gasteiger partial charge is 0.463 e. The highest BCUT2D eigenvalue weighted by Gasteiger charge is 2.11. The van der Waals surface area contributed by atoms with Crippen LogP contribution in [0.4, 0.5) is 0 Å². The molecule has 0 bridgehead atoms. The van der Waals surface area contributed by atoms with Crippen molar-refractivity contribution in [3.8, 4) is 0 Å². The molecule has 0 fully saturated rings. The van der Waals surface area contributed by atoms with Crippen LogP contribution >= 0.6 is 0 Å². The van der Waals surface area contributed by atoms with Gasteiger partial charge in [-0.05, 0) is 83.5 Å². The van der Waals surface area contributed by atoms with Gasteiger partial charge >= 0.3 is 11.9 Å². The first-order chi connectivity index (χ1) is 23.6. The van der Waals surface area contributed by atoms with E-state index in [2.05, 4.69) is 98.9 Å². The van der Waals surface area contributed by atoms with Gasteiger partial charge in [-0.1, -0.05) is 144 Å². The van der Waals surface area contributed by atoms with Crippen LogP contribution in [0, 0.1) is 0 Å². The van der Waals surface area contributed by atoms with Crippen LogP contribution in [0.1, 0.15) is 155 Å². The van der Waals surface area contributed by atoms with Crippen molar-refractivity contribution in [2.24, 2.45) is 0 Å². The third-order valence-corrected chi connectivity index (χ3v) is 7.61. The summed E-state index contributed by atoms with van der Waals surface area (Å²) in [6, 6.07) is 0. The highest BCUT2D eigenvalue weighted by atomic mass is 16.6. The van der Waals surface area contributed by atoms with Crippen LogP contribution < -0.4 is 0 Å². The van der Waals surface area contributed by atoms with Crippen LogP contribution in [-0.4, -0.2) is 36.4 Å². The average molecular weight is 667 g/mol. The quantitative estimate of drug-likeness (QED) is 0.0429. The molecule has 0 aliphatic carbocycles. The van der Waals surface area contributed by atoms with Gasteiger partial charge in [0.15, 0.2) is 0 Å². The summed E-state index contributed by atoms with van der Waals surface area (Å²) in [5.41, 5.74) is 0. The first-order valence-electron chi connectivity index (χ1n) is 19.1. The van der Waals surface area contributed by atoms with Crippen LogP contribution in [0.2, 0.25) is 0 Å². The molecule has 1 N–H and O–H groups in total. The summed E-state index contributed by atoms with van der Waals surface area (Å²) in [5.74, 6) is -0.660. The number of aliphatic hydroxyl groups is 1. The Labute approximate surface area is 295 Å². The van der Waals surface area contributed by atoms with Gasteiger partial charge in [-0.3, -0.25) is 9.59 Å². The molecular weight excluding hydrogens is 596 g/mol. The number of allylic oxidation sites excluding steroid dienone is 14. The Hall–Kier alpha value is -2.92. The molecule has 0 aliphatic rings. The third-order valence-electron chi connectivity index (χ3n) is 7.61. The lowest BCUT2D eigenvalue weighted by Gasteiger charge is -2.12. The summed E-state index contributed by atoms with van der Waals surface area (Å²) in [6.07, 6.45) is 52.1. The number of unbranched alkanes of at least 4 members (excludes halogenated alkanes) is 11. The second-order valence-corrected chi connectivity index (χ2v) is 12.3. The molecule has 1 atom stereocenters. The molecule has 0 saturated carbocycles. The van der Waals surface area contributed by atoms with Crippen LogP contribution in [0.25, 0.3) is 0 Å². The summed E-state index contributed by atoms with van der Waals surface area (Å²) in [4.78, 5) is 23.9. The number of esters is 2. The van der Waals surface area contributed by atoms with E-state index < -0.39 is 6.10 Å². The first-order valence-corrected chi connectivity index (χ1v) is 19.1. The number of ether oxygens (including phenoxy) is 2. The fourth-order valence-corrected chi connectivity index (χ4v) is 4.74. The maximum atomic E-state index is 12.0. The minimum absolute atomic E-state index is 0.150. The van der Waals surface area contributed by atoms with Crippen molar-refractivity contribution in [3.05, 3.63) is 85.1 Å². The van der Waals surface area contributed by atoms with E-state index >= 15 is 0 Å². The molecule has 0 unspecified atom stereocenters. The SMILES string of the molecule is CC/C=C\C/C=C\C/C=C\C/C=C\CCCCCCC(=O)OC[C@H](O)COC(=O)CCC/C=C\C/C=C\C/C=C\CCCCCCCC. The Morgan fingerprint density at radius 2 is 0.812 bits per heavy atom. The van der Waals surface area contributed by atoms with E-state index in [4.69, 9.17) is 9.47 Å². The number of hydrogen-bond acceptors (Lipinski definition) is 5. The van der Waals surface area contributed by atoms with Crippen molar-refractivity contribution in [1.82, 2.24) is 0 Å². The van der Waals surface area contributed by atoms with E-state index in [0.29, 0.717) is 19.3 Å². The van der Waals surface area contributed by atoms with E-state index in [0.717, 1.165) is 77.0 Å². The minimum atomic E-state index is -0.999. The predicted molar refractivity (Wildman–Crippen MR) is 205 cm³/mol. The molecule has 0 aromatic carbocycles. The molecule has 0 amide bonds. The summed E-state index contributed by atoms with van der Waals surface area (Å²) in [7, 11) is 0. The Balaban J connectivity index is 3.60. The van der Waals surface area contributed by atoms with Crippen molar-refractivity contribution in [2.75, 3.05) is 13.2 Å². The zero-order chi connectivity index (χ0) is 35.0. The third kappa shape index (κ3) is 37.5. The summed E-state index contributed by atoms with van der Waals surface area (Å²) in [6.45, 7) is 4.10. The van der Waals surface area contributed by atoms with Crippen molar-refractivity contribution < 1.29 is 24.2 Å². The molecule has 0 radical (unpaired) electrons. The molecular formula is C43H70O5. The molecule has 0 rings (SSSR count). The summed E-state index contributed by atoms with van der Waals surface area (Å²) < 4.78 is 10.3. The number of hydrogen-bond donors (Lipinski definition) is 1. The predicted octanol–water partition coefficient (Wildman–Crippen LogP) is 11.9. The molecule has 5 heteroatoms. The van der Waals surface area contributed by atoms with Gasteiger partial charge in [-0.15, -0.1) is 0 Å². The molecule has 0 spiro atoms. The molecule has 0 saturated heterocycles.